The standard InChI is InChI=1S/C18H14N4O/c19-17-15(10-12-11-20-16-9-5-4-8-14(12)16)18(23)22(21-17)13-6-2-1-3-7-13/h1-11,21H,19H2/b12-10+. The molecule has 0 radical (unpaired) electrons. The first-order chi connectivity index (χ1) is 11.2. The van der Waals surface area contributed by atoms with Crippen LogP contribution in [0.15, 0.2) is 64.4 Å². The second-order valence-electron chi connectivity index (χ2n) is 5.29. The third-order valence-electron chi connectivity index (χ3n) is 3.83. The number of nitrogen functional groups attached to an aromatic ring is 1. The number of aliphatic imine (C=N–C) groups is 1. The topological polar surface area (TPSA) is 76.2 Å². The Balaban J connectivity index is 1.83. The summed E-state index contributed by atoms with van der Waals surface area (Å²) in [5, 5.41) is 2.92. The molecule has 0 atom stereocenters. The number of aromatic nitrogens is 2. The van der Waals surface area contributed by atoms with Crippen LogP contribution in [0.2, 0.25) is 0 Å². The van der Waals surface area contributed by atoms with Crippen molar-refractivity contribution < 1.29 is 0 Å². The third-order valence-corrected chi connectivity index (χ3v) is 3.83. The van der Waals surface area contributed by atoms with Crippen LogP contribution in [0.4, 0.5) is 11.5 Å². The molecule has 3 aromatic rings. The maximum Gasteiger partial charge on any atom is 0.280 e. The average Bonchev–Trinajstić information content (AvgIpc) is 3.12. The molecule has 2 aromatic carbocycles. The number of nitrogens with zero attached hydrogens (tertiary/aromatic N) is 2. The highest BCUT2D eigenvalue weighted by atomic mass is 16.1. The van der Waals surface area contributed by atoms with E-state index < -0.39 is 0 Å². The van der Waals surface area contributed by atoms with Crippen LogP contribution in [-0.2, 0) is 0 Å². The molecule has 0 bridgehead atoms. The van der Waals surface area contributed by atoms with Crippen LogP contribution in [0.1, 0.15) is 11.1 Å². The molecular formula is C18H14N4O. The molecule has 0 unspecified atom stereocenters. The summed E-state index contributed by atoms with van der Waals surface area (Å²) in [5.41, 5.74) is 9.79. The van der Waals surface area contributed by atoms with Gasteiger partial charge in [0.25, 0.3) is 5.56 Å². The van der Waals surface area contributed by atoms with Crippen molar-refractivity contribution in [3.8, 4) is 5.69 Å². The number of para-hydroxylation sites is 2. The first-order valence-electron chi connectivity index (χ1n) is 7.25. The summed E-state index contributed by atoms with van der Waals surface area (Å²) in [6.45, 7) is 0. The molecule has 1 aromatic heterocycles. The zero-order valence-electron chi connectivity index (χ0n) is 12.2. The van der Waals surface area contributed by atoms with Gasteiger partial charge in [0, 0.05) is 17.4 Å². The molecule has 5 heteroatoms. The lowest BCUT2D eigenvalue weighted by Gasteiger charge is -1.99. The first kappa shape index (κ1) is 13.3. The summed E-state index contributed by atoms with van der Waals surface area (Å²) in [6, 6.07) is 17.1. The van der Waals surface area contributed by atoms with Gasteiger partial charge in [-0.2, -0.15) is 0 Å². The second kappa shape index (κ2) is 5.14. The molecule has 0 fully saturated rings. The Morgan fingerprint density at radius 1 is 1.04 bits per heavy atom. The Hall–Kier alpha value is -3.34. The van der Waals surface area contributed by atoms with E-state index in [0.29, 0.717) is 11.4 Å². The van der Waals surface area contributed by atoms with E-state index in [1.165, 1.54) is 4.68 Å². The second-order valence-corrected chi connectivity index (χ2v) is 5.29. The van der Waals surface area contributed by atoms with Crippen molar-refractivity contribution in [2.75, 3.05) is 5.73 Å². The molecule has 0 spiro atoms. The van der Waals surface area contributed by atoms with E-state index in [-0.39, 0.29) is 5.56 Å². The molecule has 23 heavy (non-hydrogen) atoms. The maximum absolute atomic E-state index is 12.7. The van der Waals surface area contributed by atoms with Crippen LogP contribution in [0.25, 0.3) is 17.3 Å². The number of hydrogen-bond acceptors (Lipinski definition) is 3. The van der Waals surface area contributed by atoms with Gasteiger partial charge in [-0.05, 0) is 24.3 Å². The van der Waals surface area contributed by atoms with Crippen molar-refractivity contribution in [2.24, 2.45) is 4.99 Å². The van der Waals surface area contributed by atoms with E-state index >= 15 is 0 Å². The molecule has 4 rings (SSSR count). The van der Waals surface area contributed by atoms with Crippen LogP contribution in [0.3, 0.4) is 0 Å². The van der Waals surface area contributed by atoms with Crippen molar-refractivity contribution in [1.29, 1.82) is 0 Å². The van der Waals surface area contributed by atoms with E-state index in [9.17, 15) is 4.79 Å². The highest BCUT2D eigenvalue weighted by Gasteiger charge is 2.15. The molecule has 5 nitrogen and oxygen atoms in total. The Morgan fingerprint density at radius 3 is 2.61 bits per heavy atom. The number of hydrogen-bond donors (Lipinski definition) is 2. The molecule has 0 saturated heterocycles. The van der Waals surface area contributed by atoms with Crippen LogP contribution in [0, 0.1) is 0 Å². The average molecular weight is 302 g/mol. The molecule has 112 valence electrons. The number of benzene rings is 2. The van der Waals surface area contributed by atoms with Crippen LogP contribution in [-0.4, -0.2) is 16.0 Å². The zero-order chi connectivity index (χ0) is 15.8. The van der Waals surface area contributed by atoms with Gasteiger partial charge in [-0.1, -0.05) is 36.4 Å². The van der Waals surface area contributed by atoms with Gasteiger partial charge in [-0.15, -0.1) is 0 Å². The first-order valence-corrected chi connectivity index (χ1v) is 7.25. The predicted molar refractivity (Wildman–Crippen MR) is 93.3 cm³/mol. The van der Waals surface area contributed by atoms with Gasteiger partial charge >= 0.3 is 0 Å². The van der Waals surface area contributed by atoms with Gasteiger partial charge in [-0.3, -0.25) is 14.9 Å². The van der Waals surface area contributed by atoms with Crippen molar-refractivity contribution in [3.05, 3.63) is 76.1 Å². The molecule has 1 aliphatic rings. The van der Waals surface area contributed by atoms with Crippen molar-refractivity contribution in [1.82, 2.24) is 9.78 Å². The fraction of sp³-hybridized carbons (Fsp3) is 0. The number of rotatable bonds is 2. The summed E-state index contributed by atoms with van der Waals surface area (Å²) >= 11 is 0. The SMILES string of the molecule is Nc1[nH]n(-c2ccccc2)c(=O)c1/C=C1\C=Nc2ccccc21. The molecule has 3 N–H and O–H groups in total. The summed E-state index contributed by atoms with van der Waals surface area (Å²) in [6.07, 6.45) is 3.53. The third kappa shape index (κ3) is 2.19. The Labute approximate surface area is 132 Å². The number of allylic oxidation sites excluding steroid dienone is 1. The van der Waals surface area contributed by atoms with Gasteiger partial charge in [0.1, 0.15) is 5.82 Å². The number of anilines is 1. The lowest BCUT2D eigenvalue weighted by molar-refractivity contribution is 0.853. The minimum Gasteiger partial charge on any atom is -0.383 e. The lowest BCUT2D eigenvalue weighted by atomic mass is 10.1. The van der Waals surface area contributed by atoms with E-state index in [2.05, 4.69) is 10.1 Å². The molecule has 2 heterocycles. The number of fused-ring (bicyclic) bond motifs is 1. The van der Waals surface area contributed by atoms with Gasteiger partial charge in [-0.25, -0.2) is 4.68 Å². The summed E-state index contributed by atoms with van der Waals surface area (Å²) in [7, 11) is 0. The highest BCUT2D eigenvalue weighted by molar-refractivity contribution is 6.21. The highest BCUT2D eigenvalue weighted by Crippen LogP contribution is 2.32. The van der Waals surface area contributed by atoms with Crippen LogP contribution < -0.4 is 11.3 Å². The number of nitrogens with two attached hydrogens (primary N) is 1. The summed E-state index contributed by atoms with van der Waals surface area (Å²) < 4.78 is 1.44. The van der Waals surface area contributed by atoms with Crippen molar-refractivity contribution in [3.63, 3.8) is 0 Å². The minimum atomic E-state index is -0.181. The van der Waals surface area contributed by atoms with Gasteiger partial charge in [0.05, 0.1) is 16.9 Å². The van der Waals surface area contributed by atoms with Crippen molar-refractivity contribution in [2.45, 2.75) is 0 Å². The van der Waals surface area contributed by atoms with Crippen molar-refractivity contribution >= 4 is 29.4 Å². The fourth-order valence-corrected chi connectivity index (χ4v) is 2.67. The normalized spacial score (nSPS) is 14.3. The summed E-state index contributed by atoms with van der Waals surface area (Å²) in [5.74, 6) is 0.337. The molecule has 0 saturated carbocycles. The van der Waals surface area contributed by atoms with E-state index in [0.717, 1.165) is 22.5 Å². The number of aromatic amines is 1. The number of H-pyrrole nitrogens is 1. The lowest BCUT2D eigenvalue weighted by Crippen LogP contribution is -2.15. The monoisotopic (exact) mass is 302 g/mol. The van der Waals surface area contributed by atoms with Crippen LogP contribution in [0.5, 0.6) is 0 Å². The predicted octanol–water partition coefficient (Wildman–Crippen LogP) is 3.00. The fourth-order valence-electron chi connectivity index (χ4n) is 2.67. The molecule has 1 aliphatic heterocycles. The Bertz CT molecular complexity index is 993. The maximum atomic E-state index is 12.7. The zero-order valence-corrected chi connectivity index (χ0v) is 12.2. The minimum absolute atomic E-state index is 0.181. The molecular weight excluding hydrogens is 288 g/mol. The quantitative estimate of drug-likeness (QED) is 0.763. The largest absolute Gasteiger partial charge is 0.383 e. The van der Waals surface area contributed by atoms with E-state index in [1.807, 2.05) is 54.6 Å². The Kier molecular flexibility index (Phi) is 2.98. The van der Waals surface area contributed by atoms with Crippen LogP contribution >= 0.6 is 0 Å². The Morgan fingerprint density at radius 2 is 1.78 bits per heavy atom. The number of nitrogens with one attached hydrogen (secondary N) is 1. The molecule has 0 aliphatic carbocycles. The van der Waals surface area contributed by atoms with Gasteiger partial charge in [0.2, 0.25) is 0 Å². The smallest absolute Gasteiger partial charge is 0.280 e. The van der Waals surface area contributed by atoms with Gasteiger partial charge in [0.15, 0.2) is 0 Å². The van der Waals surface area contributed by atoms with E-state index in [4.69, 9.17) is 5.73 Å². The van der Waals surface area contributed by atoms with Gasteiger partial charge < -0.3 is 5.73 Å². The summed E-state index contributed by atoms with van der Waals surface area (Å²) in [4.78, 5) is 17.0. The molecule has 0 amide bonds. The van der Waals surface area contributed by atoms with E-state index in [1.54, 1.807) is 12.3 Å².